The van der Waals surface area contributed by atoms with Crippen LogP contribution in [0.3, 0.4) is 0 Å². The van der Waals surface area contributed by atoms with Crippen LogP contribution in [0.2, 0.25) is 0 Å². The summed E-state index contributed by atoms with van der Waals surface area (Å²) in [7, 11) is 0. The molecule has 1 aliphatic heterocycles. The lowest BCUT2D eigenvalue weighted by Crippen LogP contribution is -2.53. The maximum atomic E-state index is 12.5. The zero-order valence-corrected chi connectivity index (χ0v) is 17.6. The van der Waals surface area contributed by atoms with E-state index >= 15 is 0 Å². The van der Waals surface area contributed by atoms with Crippen LogP contribution in [0.4, 0.5) is 0 Å². The molecule has 1 heterocycles. The summed E-state index contributed by atoms with van der Waals surface area (Å²) in [5.74, 6) is -4.55. The Bertz CT molecular complexity index is 718. The van der Waals surface area contributed by atoms with Gasteiger partial charge in [0.25, 0.3) is 0 Å². The first kappa shape index (κ1) is 26.6. The largest absolute Gasteiger partial charge is 0.481 e. The van der Waals surface area contributed by atoms with Crippen LogP contribution in [0.25, 0.3) is 0 Å². The van der Waals surface area contributed by atoms with Crippen molar-refractivity contribution in [3.05, 3.63) is 0 Å². The predicted molar refractivity (Wildman–Crippen MR) is 112 cm³/mol. The standard InChI is InChI=1S/C18H31N7O7/c19-18(20)22-8-2-4-12(17(31)32)25-16(30)11(5-6-14(27)28)24-13(26)9-23-15(29)10-3-1-7-21-10/h10-12,21H,1-9H2,(H,23,29)(H,24,26)(H,25,30)(H,27,28)(H,31,32)(H4,19,20,22)/t10-,11-,12-/m0/s1. The number of aliphatic imine (C=N–C) groups is 1. The number of carboxylic acid groups (broad SMARTS) is 2. The molecule has 0 aromatic carbocycles. The van der Waals surface area contributed by atoms with Gasteiger partial charge in [0.15, 0.2) is 5.96 Å². The highest BCUT2D eigenvalue weighted by molar-refractivity contribution is 5.92. The molecule has 0 radical (unpaired) electrons. The van der Waals surface area contributed by atoms with Crippen molar-refractivity contribution in [3.63, 3.8) is 0 Å². The molecule has 1 rings (SSSR count). The molecule has 0 aliphatic carbocycles. The van der Waals surface area contributed by atoms with Crippen molar-refractivity contribution < 1.29 is 34.2 Å². The number of nitrogens with zero attached hydrogens (tertiary/aromatic N) is 1. The molecule has 3 atom stereocenters. The van der Waals surface area contributed by atoms with Crippen LogP contribution in [0.1, 0.15) is 38.5 Å². The molecule has 0 unspecified atom stereocenters. The summed E-state index contributed by atoms with van der Waals surface area (Å²) < 4.78 is 0. The number of carbonyl (C=O) groups excluding carboxylic acids is 3. The maximum absolute atomic E-state index is 12.5. The summed E-state index contributed by atoms with van der Waals surface area (Å²) in [6.45, 7) is 0.462. The Morgan fingerprint density at radius 2 is 1.78 bits per heavy atom. The van der Waals surface area contributed by atoms with Crippen molar-refractivity contribution in [2.24, 2.45) is 16.5 Å². The monoisotopic (exact) mass is 457 g/mol. The highest BCUT2D eigenvalue weighted by atomic mass is 16.4. The molecule has 1 fully saturated rings. The molecule has 14 nitrogen and oxygen atoms in total. The lowest BCUT2D eigenvalue weighted by atomic mass is 10.1. The van der Waals surface area contributed by atoms with Gasteiger partial charge in [-0.2, -0.15) is 0 Å². The van der Waals surface area contributed by atoms with Crippen LogP contribution >= 0.6 is 0 Å². The topological polar surface area (TPSA) is 238 Å². The number of carboxylic acids is 2. The SMILES string of the molecule is NC(N)=NCCC[C@H](NC(=O)[C@H](CCC(=O)O)NC(=O)CNC(=O)[C@@H]1CCCN1)C(=O)O. The molecule has 1 saturated heterocycles. The van der Waals surface area contributed by atoms with E-state index in [1.165, 1.54) is 0 Å². The van der Waals surface area contributed by atoms with E-state index in [2.05, 4.69) is 26.3 Å². The lowest BCUT2D eigenvalue weighted by Gasteiger charge is -2.21. The Morgan fingerprint density at radius 3 is 2.34 bits per heavy atom. The fourth-order valence-electron chi connectivity index (χ4n) is 3.01. The van der Waals surface area contributed by atoms with E-state index in [9.17, 15) is 29.1 Å². The number of hydrogen-bond donors (Lipinski definition) is 8. The van der Waals surface area contributed by atoms with Gasteiger partial charge in [0.2, 0.25) is 17.7 Å². The molecule has 0 aromatic heterocycles. The van der Waals surface area contributed by atoms with E-state index in [4.69, 9.17) is 16.6 Å². The van der Waals surface area contributed by atoms with Gasteiger partial charge < -0.3 is 42.9 Å². The van der Waals surface area contributed by atoms with Crippen molar-refractivity contribution in [1.82, 2.24) is 21.3 Å². The smallest absolute Gasteiger partial charge is 0.326 e. The van der Waals surface area contributed by atoms with E-state index in [0.29, 0.717) is 13.0 Å². The summed E-state index contributed by atoms with van der Waals surface area (Å²) in [6.07, 6.45) is 1.09. The molecular weight excluding hydrogens is 426 g/mol. The van der Waals surface area contributed by atoms with E-state index in [-0.39, 0.29) is 43.7 Å². The van der Waals surface area contributed by atoms with Crippen LogP contribution in [0.5, 0.6) is 0 Å². The predicted octanol–water partition coefficient (Wildman–Crippen LogP) is -3.17. The average molecular weight is 457 g/mol. The summed E-state index contributed by atoms with van der Waals surface area (Å²) >= 11 is 0. The first-order valence-corrected chi connectivity index (χ1v) is 10.2. The highest BCUT2D eigenvalue weighted by Gasteiger charge is 2.27. The summed E-state index contributed by atoms with van der Waals surface area (Å²) in [6, 6.07) is -2.96. The minimum atomic E-state index is -1.30. The van der Waals surface area contributed by atoms with Crippen LogP contribution in [-0.2, 0) is 24.0 Å². The first-order chi connectivity index (χ1) is 15.1. The molecule has 0 saturated carbocycles. The number of nitrogens with one attached hydrogen (secondary N) is 4. The van der Waals surface area contributed by atoms with Gasteiger partial charge in [-0.1, -0.05) is 0 Å². The van der Waals surface area contributed by atoms with Gasteiger partial charge in [-0.25, -0.2) is 4.79 Å². The Morgan fingerprint density at radius 1 is 1.06 bits per heavy atom. The van der Waals surface area contributed by atoms with Crippen LogP contribution in [0.15, 0.2) is 4.99 Å². The molecule has 180 valence electrons. The fraction of sp³-hybridized carbons (Fsp3) is 0.667. The number of hydrogen-bond acceptors (Lipinski definition) is 7. The van der Waals surface area contributed by atoms with Gasteiger partial charge in [-0.15, -0.1) is 0 Å². The van der Waals surface area contributed by atoms with Gasteiger partial charge in [0, 0.05) is 13.0 Å². The minimum absolute atomic E-state index is 0.0158. The van der Waals surface area contributed by atoms with Crippen molar-refractivity contribution >= 4 is 35.6 Å². The quantitative estimate of drug-likeness (QED) is 0.0739. The molecule has 0 bridgehead atoms. The van der Waals surface area contributed by atoms with Crippen molar-refractivity contribution in [2.45, 2.75) is 56.7 Å². The van der Waals surface area contributed by atoms with Crippen molar-refractivity contribution in [2.75, 3.05) is 19.6 Å². The van der Waals surface area contributed by atoms with Crippen molar-refractivity contribution in [1.29, 1.82) is 0 Å². The third-order valence-corrected chi connectivity index (χ3v) is 4.66. The van der Waals surface area contributed by atoms with Gasteiger partial charge in [-0.3, -0.25) is 24.2 Å². The molecule has 1 aliphatic rings. The Kier molecular flexibility index (Phi) is 11.5. The number of aliphatic carboxylic acids is 2. The zero-order chi connectivity index (χ0) is 24.1. The highest BCUT2D eigenvalue weighted by Crippen LogP contribution is 2.05. The Balaban J connectivity index is 2.64. The summed E-state index contributed by atoms with van der Waals surface area (Å²) in [4.78, 5) is 62.8. The molecule has 14 heteroatoms. The maximum Gasteiger partial charge on any atom is 0.326 e. The van der Waals surface area contributed by atoms with Crippen LogP contribution in [0, 0.1) is 0 Å². The van der Waals surface area contributed by atoms with E-state index in [0.717, 1.165) is 6.42 Å². The molecular formula is C18H31N7O7. The molecule has 3 amide bonds. The third kappa shape index (κ3) is 10.6. The second kappa shape index (κ2) is 13.8. The molecule has 10 N–H and O–H groups in total. The van der Waals surface area contributed by atoms with Crippen LogP contribution in [-0.4, -0.2) is 83.6 Å². The lowest BCUT2D eigenvalue weighted by molar-refractivity contribution is -0.143. The van der Waals surface area contributed by atoms with E-state index < -0.39 is 48.8 Å². The summed E-state index contributed by atoms with van der Waals surface area (Å²) in [5, 5.41) is 28.3. The minimum Gasteiger partial charge on any atom is -0.481 e. The zero-order valence-electron chi connectivity index (χ0n) is 17.6. The number of guanidine groups is 1. The first-order valence-electron chi connectivity index (χ1n) is 10.2. The molecule has 32 heavy (non-hydrogen) atoms. The average Bonchev–Trinajstić information content (AvgIpc) is 3.25. The van der Waals surface area contributed by atoms with E-state index in [1.54, 1.807) is 0 Å². The molecule has 0 aromatic rings. The Labute approximate surface area is 184 Å². The second-order valence-corrected chi connectivity index (χ2v) is 7.27. The normalized spacial score (nSPS) is 16.9. The van der Waals surface area contributed by atoms with Gasteiger partial charge in [0.05, 0.1) is 12.6 Å². The fourth-order valence-corrected chi connectivity index (χ4v) is 3.01. The van der Waals surface area contributed by atoms with E-state index in [1.807, 2.05) is 0 Å². The number of rotatable bonds is 14. The van der Waals surface area contributed by atoms with Gasteiger partial charge in [0.1, 0.15) is 12.1 Å². The Hall–Kier alpha value is -3.42. The number of nitrogens with two attached hydrogens (primary N) is 2. The van der Waals surface area contributed by atoms with Crippen LogP contribution < -0.4 is 32.7 Å². The van der Waals surface area contributed by atoms with Crippen molar-refractivity contribution in [3.8, 4) is 0 Å². The second-order valence-electron chi connectivity index (χ2n) is 7.27. The van der Waals surface area contributed by atoms with Gasteiger partial charge >= 0.3 is 11.9 Å². The molecule has 0 spiro atoms. The number of carbonyl (C=O) groups is 5. The number of amides is 3. The van der Waals surface area contributed by atoms with Gasteiger partial charge in [-0.05, 0) is 38.6 Å². The third-order valence-electron chi connectivity index (χ3n) is 4.66. The summed E-state index contributed by atoms with van der Waals surface area (Å²) in [5.41, 5.74) is 10.4.